The second-order valence-electron chi connectivity index (χ2n) is 9.08. The molecule has 0 aliphatic carbocycles. The van der Waals surface area contributed by atoms with Crippen LogP contribution in [-0.2, 0) is 0 Å². The molecule has 0 unspecified atom stereocenters. The lowest BCUT2D eigenvalue weighted by molar-refractivity contribution is 0.992. The largest absolute Gasteiger partial charge is 0.321 e. The van der Waals surface area contributed by atoms with Crippen LogP contribution in [0.4, 0.5) is 22.7 Å². The minimum atomic E-state index is 0.789. The van der Waals surface area contributed by atoms with Crippen LogP contribution >= 0.6 is 0 Å². The molecule has 5 aromatic carbocycles. The number of hydrogen-bond donors (Lipinski definition) is 0. The number of fused-ring (bicyclic) bond motifs is 7. The van der Waals surface area contributed by atoms with Gasteiger partial charge in [0.2, 0.25) is 0 Å². The molecular formula is C31H21N3. The molecule has 2 aromatic heterocycles. The first-order chi connectivity index (χ1) is 16.9. The van der Waals surface area contributed by atoms with Crippen LogP contribution in [0.15, 0.2) is 115 Å². The van der Waals surface area contributed by atoms with E-state index in [0.717, 1.165) is 6.67 Å². The van der Waals surface area contributed by atoms with Crippen molar-refractivity contribution in [2.24, 2.45) is 0 Å². The number of anilines is 4. The number of hydrogen-bond acceptors (Lipinski definition) is 2. The molecule has 0 spiro atoms. The van der Waals surface area contributed by atoms with Gasteiger partial charge in [-0.25, -0.2) is 0 Å². The van der Waals surface area contributed by atoms with Gasteiger partial charge >= 0.3 is 0 Å². The zero-order valence-electron chi connectivity index (χ0n) is 18.5. The molecule has 3 heteroatoms. The normalized spacial score (nSPS) is 13.6. The van der Waals surface area contributed by atoms with Crippen molar-refractivity contribution in [3.8, 4) is 0 Å². The standard InChI is InChI=1S/C31H21N3/c1-2-9-21(10-3-1)32-20-33(29-16-7-6-15-28(29)32)22-17-18-24-26-13-8-12-25-23-11-4-5-14-27(23)34(31(25)26)30(24)19-22/h1-19H,20H2. The van der Waals surface area contributed by atoms with Crippen LogP contribution in [0.25, 0.3) is 38.1 Å². The summed E-state index contributed by atoms with van der Waals surface area (Å²) in [5, 5.41) is 5.27. The summed E-state index contributed by atoms with van der Waals surface area (Å²) in [6.45, 7) is 0.789. The summed E-state index contributed by atoms with van der Waals surface area (Å²) in [4.78, 5) is 4.81. The second kappa shape index (κ2) is 6.52. The van der Waals surface area contributed by atoms with Gasteiger partial charge in [0.25, 0.3) is 0 Å². The van der Waals surface area contributed by atoms with E-state index in [0.29, 0.717) is 0 Å². The average molecular weight is 436 g/mol. The Morgan fingerprint density at radius 2 is 1.06 bits per heavy atom. The maximum Gasteiger partial charge on any atom is 0.100 e. The molecular weight excluding hydrogens is 414 g/mol. The van der Waals surface area contributed by atoms with Gasteiger partial charge < -0.3 is 14.2 Å². The smallest absolute Gasteiger partial charge is 0.100 e. The van der Waals surface area contributed by atoms with Crippen LogP contribution in [0.3, 0.4) is 0 Å². The van der Waals surface area contributed by atoms with Crippen molar-refractivity contribution in [3.05, 3.63) is 115 Å². The van der Waals surface area contributed by atoms with Gasteiger partial charge in [-0.3, -0.25) is 0 Å². The highest BCUT2D eigenvalue weighted by Crippen LogP contribution is 2.46. The van der Waals surface area contributed by atoms with Crippen LogP contribution in [0.5, 0.6) is 0 Å². The molecule has 0 fully saturated rings. The summed E-state index contributed by atoms with van der Waals surface area (Å²) in [6, 6.07) is 41.7. The van der Waals surface area contributed by atoms with Gasteiger partial charge in [0.15, 0.2) is 0 Å². The fourth-order valence-electron chi connectivity index (χ4n) is 5.85. The summed E-state index contributed by atoms with van der Waals surface area (Å²) in [5.74, 6) is 0. The minimum absolute atomic E-state index is 0.789. The lowest BCUT2D eigenvalue weighted by Crippen LogP contribution is -2.23. The molecule has 1 aliphatic heterocycles. The molecule has 0 N–H and O–H groups in total. The van der Waals surface area contributed by atoms with Crippen molar-refractivity contribution >= 4 is 60.8 Å². The first-order valence-corrected chi connectivity index (χ1v) is 11.7. The minimum Gasteiger partial charge on any atom is -0.321 e. The zero-order valence-corrected chi connectivity index (χ0v) is 18.5. The van der Waals surface area contributed by atoms with Crippen molar-refractivity contribution in [2.45, 2.75) is 0 Å². The van der Waals surface area contributed by atoms with Crippen molar-refractivity contribution in [2.75, 3.05) is 16.5 Å². The van der Waals surface area contributed by atoms with Gasteiger partial charge in [0.1, 0.15) is 6.67 Å². The Balaban J connectivity index is 1.38. The maximum atomic E-state index is 2.45. The summed E-state index contributed by atoms with van der Waals surface area (Å²) < 4.78 is 2.45. The first kappa shape index (κ1) is 18.0. The Kier molecular flexibility index (Phi) is 3.45. The molecule has 34 heavy (non-hydrogen) atoms. The highest BCUT2D eigenvalue weighted by Gasteiger charge is 2.28. The molecule has 7 aromatic rings. The molecule has 0 saturated heterocycles. The molecule has 0 radical (unpaired) electrons. The van der Waals surface area contributed by atoms with Gasteiger partial charge in [0, 0.05) is 32.9 Å². The third-order valence-corrected chi connectivity index (χ3v) is 7.33. The fraction of sp³-hybridized carbons (Fsp3) is 0.0323. The molecule has 0 saturated carbocycles. The Morgan fingerprint density at radius 3 is 1.85 bits per heavy atom. The predicted molar refractivity (Wildman–Crippen MR) is 143 cm³/mol. The van der Waals surface area contributed by atoms with E-state index in [9.17, 15) is 0 Å². The van der Waals surface area contributed by atoms with E-state index in [-0.39, 0.29) is 0 Å². The maximum absolute atomic E-state index is 2.45. The number of rotatable bonds is 2. The Hall–Kier alpha value is -4.50. The van der Waals surface area contributed by atoms with Crippen molar-refractivity contribution in [3.63, 3.8) is 0 Å². The molecule has 8 rings (SSSR count). The van der Waals surface area contributed by atoms with Crippen LogP contribution in [-0.4, -0.2) is 11.1 Å². The van der Waals surface area contributed by atoms with E-state index < -0.39 is 0 Å². The monoisotopic (exact) mass is 435 g/mol. The summed E-state index contributed by atoms with van der Waals surface area (Å²) in [6.07, 6.45) is 0. The van der Waals surface area contributed by atoms with Crippen LogP contribution in [0.1, 0.15) is 0 Å². The first-order valence-electron chi connectivity index (χ1n) is 11.7. The Morgan fingerprint density at radius 1 is 0.441 bits per heavy atom. The van der Waals surface area contributed by atoms with E-state index >= 15 is 0 Å². The number of para-hydroxylation sites is 5. The van der Waals surface area contributed by atoms with E-state index in [1.165, 1.54) is 60.8 Å². The third-order valence-electron chi connectivity index (χ3n) is 7.33. The molecule has 1 aliphatic rings. The topological polar surface area (TPSA) is 10.9 Å². The molecule has 0 amide bonds. The molecule has 0 atom stereocenters. The molecule has 3 heterocycles. The van der Waals surface area contributed by atoms with Gasteiger partial charge in [-0.05, 0) is 42.5 Å². The van der Waals surface area contributed by atoms with Crippen LogP contribution in [0.2, 0.25) is 0 Å². The van der Waals surface area contributed by atoms with Crippen molar-refractivity contribution in [1.82, 2.24) is 4.40 Å². The summed E-state index contributed by atoms with van der Waals surface area (Å²) in [5.41, 5.74) is 8.76. The summed E-state index contributed by atoms with van der Waals surface area (Å²) in [7, 11) is 0. The van der Waals surface area contributed by atoms with Gasteiger partial charge in [0.05, 0.1) is 27.9 Å². The molecule has 3 nitrogen and oxygen atoms in total. The van der Waals surface area contributed by atoms with E-state index in [4.69, 9.17) is 0 Å². The predicted octanol–water partition coefficient (Wildman–Crippen LogP) is 8.08. The van der Waals surface area contributed by atoms with Crippen LogP contribution < -0.4 is 9.80 Å². The number of benzene rings is 5. The highest BCUT2D eigenvalue weighted by molar-refractivity contribution is 6.23. The Bertz CT molecular complexity index is 1850. The SMILES string of the molecule is c1ccc(N2CN(c3ccc4c5cccc6c7ccccc7n(c4c3)c65)c3ccccc32)cc1. The van der Waals surface area contributed by atoms with Crippen molar-refractivity contribution < 1.29 is 0 Å². The van der Waals surface area contributed by atoms with Crippen LogP contribution in [0, 0.1) is 0 Å². The number of nitrogens with zero attached hydrogens (tertiary/aromatic N) is 3. The summed E-state index contributed by atoms with van der Waals surface area (Å²) >= 11 is 0. The van der Waals surface area contributed by atoms with Gasteiger partial charge in [-0.2, -0.15) is 0 Å². The van der Waals surface area contributed by atoms with Crippen molar-refractivity contribution in [1.29, 1.82) is 0 Å². The fourth-order valence-corrected chi connectivity index (χ4v) is 5.85. The average Bonchev–Trinajstić information content (AvgIpc) is 3.56. The number of aromatic nitrogens is 1. The Labute approximate surface area is 197 Å². The molecule has 160 valence electrons. The second-order valence-corrected chi connectivity index (χ2v) is 9.08. The van der Waals surface area contributed by atoms with E-state index in [2.05, 4.69) is 129 Å². The van der Waals surface area contributed by atoms with E-state index in [1.807, 2.05) is 0 Å². The van der Waals surface area contributed by atoms with E-state index in [1.54, 1.807) is 0 Å². The zero-order chi connectivity index (χ0) is 22.2. The van der Waals surface area contributed by atoms with Gasteiger partial charge in [-0.1, -0.05) is 72.8 Å². The third kappa shape index (κ3) is 2.26. The quantitative estimate of drug-likeness (QED) is 0.272. The van der Waals surface area contributed by atoms with Gasteiger partial charge in [-0.15, -0.1) is 0 Å². The molecule has 0 bridgehead atoms. The lowest BCUT2D eigenvalue weighted by atomic mass is 10.1. The lowest BCUT2D eigenvalue weighted by Gasteiger charge is -2.22. The highest BCUT2D eigenvalue weighted by atomic mass is 15.4.